The molecular formula is C15H25NO4. The highest BCUT2D eigenvalue weighted by Crippen LogP contribution is 2.44. The molecule has 1 amide bonds. The van der Waals surface area contributed by atoms with Crippen LogP contribution >= 0.6 is 0 Å². The number of aliphatic carboxylic acids is 1. The molecule has 2 N–H and O–H groups in total. The molecule has 0 heterocycles. The molecule has 1 aliphatic rings. The molecule has 1 rings (SSSR count). The van der Waals surface area contributed by atoms with Crippen LogP contribution in [0.3, 0.4) is 0 Å². The van der Waals surface area contributed by atoms with E-state index in [-0.39, 0.29) is 5.91 Å². The van der Waals surface area contributed by atoms with Gasteiger partial charge >= 0.3 is 5.97 Å². The van der Waals surface area contributed by atoms with Gasteiger partial charge in [-0.15, -0.1) is 6.58 Å². The molecule has 0 saturated heterocycles. The van der Waals surface area contributed by atoms with E-state index >= 15 is 0 Å². The van der Waals surface area contributed by atoms with Crippen molar-refractivity contribution in [2.75, 3.05) is 13.2 Å². The summed E-state index contributed by atoms with van der Waals surface area (Å²) in [5, 5.41) is 11.8. The molecule has 0 bridgehead atoms. The van der Waals surface area contributed by atoms with Gasteiger partial charge in [-0.25, -0.2) is 4.79 Å². The maximum Gasteiger partial charge on any atom is 0.326 e. The fourth-order valence-electron chi connectivity index (χ4n) is 2.46. The van der Waals surface area contributed by atoms with E-state index < -0.39 is 17.4 Å². The minimum absolute atomic E-state index is 0.139. The average molecular weight is 283 g/mol. The minimum Gasteiger partial charge on any atom is -0.480 e. The Morgan fingerprint density at radius 1 is 1.50 bits per heavy atom. The van der Waals surface area contributed by atoms with Gasteiger partial charge in [-0.1, -0.05) is 12.5 Å². The van der Waals surface area contributed by atoms with E-state index in [2.05, 4.69) is 11.9 Å². The van der Waals surface area contributed by atoms with Crippen LogP contribution in [0, 0.1) is 5.41 Å². The fourth-order valence-corrected chi connectivity index (χ4v) is 2.46. The topological polar surface area (TPSA) is 75.6 Å². The van der Waals surface area contributed by atoms with Crippen molar-refractivity contribution in [1.82, 2.24) is 5.32 Å². The van der Waals surface area contributed by atoms with Crippen LogP contribution in [0.2, 0.25) is 0 Å². The summed E-state index contributed by atoms with van der Waals surface area (Å²) in [5.74, 6) is -1.13. The lowest BCUT2D eigenvalue weighted by molar-refractivity contribution is -0.146. The van der Waals surface area contributed by atoms with Gasteiger partial charge < -0.3 is 15.2 Å². The fraction of sp³-hybridized carbons (Fsp3) is 0.733. The molecule has 20 heavy (non-hydrogen) atoms. The van der Waals surface area contributed by atoms with Gasteiger partial charge in [0.15, 0.2) is 0 Å². The first-order chi connectivity index (χ1) is 9.55. The number of ether oxygens (including phenoxy) is 1. The second-order valence-electron chi connectivity index (χ2n) is 5.31. The zero-order chi connectivity index (χ0) is 15.0. The molecule has 0 spiro atoms. The molecule has 5 heteroatoms. The Bertz CT molecular complexity index is 350. The number of hydrogen-bond acceptors (Lipinski definition) is 3. The molecule has 5 nitrogen and oxygen atoms in total. The van der Waals surface area contributed by atoms with Crippen molar-refractivity contribution in [1.29, 1.82) is 0 Å². The molecule has 1 unspecified atom stereocenters. The SMILES string of the molecule is C=CCCC(NC(=O)C1(CCOCC)CCC1)C(=O)O. The third-order valence-corrected chi connectivity index (χ3v) is 3.98. The first kappa shape index (κ1) is 16.7. The Kier molecular flexibility index (Phi) is 6.71. The molecule has 0 radical (unpaired) electrons. The number of amides is 1. The molecular weight excluding hydrogens is 258 g/mol. The first-order valence-corrected chi connectivity index (χ1v) is 7.28. The number of carbonyl (C=O) groups is 2. The maximum atomic E-state index is 12.4. The van der Waals surface area contributed by atoms with Gasteiger partial charge in [-0.3, -0.25) is 4.79 Å². The van der Waals surface area contributed by atoms with E-state index in [1.807, 2.05) is 6.92 Å². The summed E-state index contributed by atoms with van der Waals surface area (Å²) in [5.41, 5.74) is -0.420. The number of carboxylic acids is 1. The van der Waals surface area contributed by atoms with Crippen LogP contribution in [-0.4, -0.2) is 36.2 Å². The van der Waals surface area contributed by atoms with Gasteiger partial charge in [-0.05, 0) is 39.0 Å². The first-order valence-electron chi connectivity index (χ1n) is 7.28. The second-order valence-corrected chi connectivity index (χ2v) is 5.31. The van der Waals surface area contributed by atoms with Crippen LogP contribution in [-0.2, 0) is 14.3 Å². The van der Waals surface area contributed by atoms with Crippen molar-refractivity contribution >= 4 is 11.9 Å². The molecule has 0 aromatic heterocycles. The summed E-state index contributed by atoms with van der Waals surface area (Å²) in [7, 11) is 0. The standard InChI is InChI=1S/C15H25NO4/c1-3-5-7-12(13(17)18)16-14(19)15(8-6-9-15)10-11-20-4-2/h3,12H,1,4-11H2,2H3,(H,16,19)(H,17,18). The summed E-state index contributed by atoms with van der Waals surface area (Å²) in [6.07, 6.45) is 5.94. The zero-order valence-electron chi connectivity index (χ0n) is 12.2. The number of carbonyl (C=O) groups excluding carboxylic acids is 1. The van der Waals surface area contributed by atoms with Crippen molar-refractivity contribution in [3.05, 3.63) is 12.7 Å². The molecule has 1 fully saturated rings. The Labute approximate surface area is 120 Å². The Hall–Kier alpha value is -1.36. The highest BCUT2D eigenvalue weighted by Gasteiger charge is 2.44. The van der Waals surface area contributed by atoms with Gasteiger partial charge in [0.25, 0.3) is 0 Å². The third kappa shape index (κ3) is 4.34. The number of carboxylic acid groups (broad SMARTS) is 1. The van der Waals surface area contributed by atoms with Gasteiger partial charge in [0.05, 0.1) is 5.41 Å². The number of rotatable bonds is 10. The number of nitrogens with one attached hydrogen (secondary N) is 1. The van der Waals surface area contributed by atoms with Crippen molar-refractivity contribution < 1.29 is 19.4 Å². The molecule has 114 valence electrons. The van der Waals surface area contributed by atoms with Crippen LogP contribution < -0.4 is 5.32 Å². The predicted octanol–water partition coefficient (Wildman–Crippen LogP) is 2.12. The summed E-state index contributed by atoms with van der Waals surface area (Å²) >= 11 is 0. The molecule has 0 aliphatic heterocycles. The van der Waals surface area contributed by atoms with Gasteiger partial charge in [-0.2, -0.15) is 0 Å². The third-order valence-electron chi connectivity index (χ3n) is 3.98. The molecule has 1 saturated carbocycles. The van der Waals surface area contributed by atoms with Gasteiger partial charge in [0.1, 0.15) is 6.04 Å². The van der Waals surface area contributed by atoms with Crippen molar-refractivity contribution in [3.63, 3.8) is 0 Å². The van der Waals surface area contributed by atoms with E-state index in [9.17, 15) is 9.59 Å². The van der Waals surface area contributed by atoms with Crippen molar-refractivity contribution in [2.45, 2.75) is 51.5 Å². The molecule has 0 aromatic rings. The smallest absolute Gasteiger partial charge is 0.326 e. The minimum atomic E-state index is -0.987. The van der Waals surface area contributed by atoms with E-state index in [1.165, 1.54) is 0 Å². The van der Waals surface area contributed by atoms with Gasteiger partial charge in [0.2, 0.25) is 5.91 Å². The number of hydrogen-bond donors (Lipinski definition) is 2. The van der Waals surface area contributed by atoms with Crippen LogP contribution in [0.4, 0.5) is 0 Å². The average Bonchev–Trinajstić information content (AvgIpc) is 2.37. The summed E-state index contributed by atoms with van der Waals surface area (Å²) in [6, 6.07) is -0.829. The summed E-state index contributed by atoms with van der Waals surface area (Å²) in [4.78, 5) is 23.5. The highest BCUT2D eigenvalue weighted by atomic mass is 16.5. The van der Waals surface area contributed by atoms with E-state index in [0.29, 0.717) is 32.5 Å². The Balaban J connectivity index is 2.56. The van der Waals surface area contributed by atoms with Crippen molar-refractivity contribution in [2.24, 2.45) is 5.41 Å². The van der Waals surface area contributed by atoms with Crippen LogP contribution in [0.25, 0.3) is 0 Å². The lowest BCUT2D eigenvalue weighted by Crippen LogP contribution is -2.51. The quantitative estimate of drug-likeness (QED) is 0.475. The van der Waals surface area contributed by atoms with Crippen LogP contribution in [0.5, 0.6) is 0 Å². The maximum absolute atomic E-state index is 12.4. The zero-order valence-corrected chi connectivity index (χ0v) is 12.2. The molecule has 1 atom stereocenters. The predicted molar refractivity (Wildman–Crippen MR) is 76.4 cm³/mol. The van der Waals surface area contributed by atoms with Crippen LogP contribution in [0.1, 0.15) is 45.4 Å². The Morgan fingerprint density at radius 2 is 2.20 bits per heavy atom. The lowest BCUT2D eigenvalue weighted by Gasteiger charge is -2.40. The van der Waals surface area contributed by atoms with E-state index in [0.717, 1.165) is 19.3 Å². The lowest BCUT2D eigenvalue weighted by atomic mass is 9.66. The van der Waals surface area contributed by atoms with Crippen molar-refractivity contribution in [3.8, 4) is 0 Å². The molecule has 1 aliphatic carbocycles. The van der Waals surface area contributed by atoms with E-state index in [4.69, 9.17) is 9.84 Å². The molecule has 0 aromatic carbocycles. The van der Waals surface area contributed by atoms with E-state index in [1.54, 1.807) is 6.08 Å². The summed E-state index contributed by atoms with van der Waals surface area (Å²) in [6.45, 7) is 6.68. The number of allylic oxidation sites excluding steroid dienone is 1. The monoisotopic (exact) mass is 283 g/mol. The van der Waals surface area contributed by atoms with Gasteiger partial charge in [0, 0.05) is 13.2 Å². The normalized spacial score (nSPS) is 17.9. The second kappa shape index (κ2) is 8.04. The Morgan fingerprint density at radius 3 is 2.65 bits per heavy atom. The van der Waals surface area contributed by atoms with Crippen LogP contribution in [0.15, 0.2) is 12.7 Å². The summed E-state index contributed by atoms with van der Waals surface area (Å²) < 4.78 is 5.32. The largest absolute Gasteiger partial charge is 0.480 e. The highest BCUT2D eigenvalue weighted by molar-refractivity contribution is 5.88.